The largest absolute Gasteiger partial charge is 0.462 e. The van der Waals surface area contributed by atoms with Crippen molar-refractivity contribution in [1.29, 1.82) is 0 Å². The molecule has 15 nitrogen and oxygen atoms in total. The highest BCUT2D eigenvalue weighted by Crippen LogP contribution is 2.46. The van der Waals surface area contributed by atoms with Crippen LogP contribution in [0.2, 0.25) is 0 Å². The molecule has 0 radical (unpaired) electrons. The highest BCUT2D eigenvalue weighted by atomic mass is 31.2. The van der Waals surface area contributed by atoms with Crippen molar-refractivity contribution in [3.63, 3.8) is 0 Å². The molecular weight excluding hydrogens is 582 g/mol. The van der Waals surface area contributed by atoms with E-state index in [2.05, 4.69) is 15.2 Å². The van der Waals surface area contributed by atoms with Crippen molar-refractivity contribution in [1.82, 2.24) is 19.7 Å². The fourth-order valence-corrected chi connectivity index (χ4v) is 5.46. The predicted octanol–water partition coefficient (Wildman–Crippen LogP) is 0.203. The molecule has 1 aliphatic heterocycles. The summed E-state index contributed by atoms with van der Waals surface area (Å²) in [7, 11) is -4.69. The number of esters is 2. The van der Waals surface area contributed by atoms with Gasteiger partial charge in [-0.1, -0.05) is 0 Å². The van der Waals surface area contributed by atoms with Crippen LogP contribution in [0.4, 0.5) is 19.0 Å². The summed E-state index contributed by atoms with van der Waals surface area (Å²) >= 11 is 0. The third-order valence-corrected chi connectivity index (χ3v) is 7.59. The Balaban J connectivity index is 2.41. The smallest absolute Gasteiger partial charge is 0.351 e. The van der Waals surface area contributed by atoms with Crippen LogP contribution in [0.1, 0.15) is 47.8 Å². The molecule has 6 N–H and O–H groups in total. The molecule has 2 rings (SSSR count). The van der Waals surface area contributed by atoms with E-state index >= 15 is 0 Å². The van der Waals surface area contributed by atoms with Gasteiger partial charge in [0.1, 0.15) is 24.3 Å². The lowest BCUT2D eigenvalue weighted by Gasteiger charge is -2.33. The fraction of sp³-hybridized carbons (Fsp3) is 0.727. The number of nitrogens with one attached hydrogen (secondary N) is 2. The Bertz CT molecular complexity index is 1170. The molecule has 0 amide bonds. The minimum Gasteiger partial charge on any atom is -0.462 e. The Morgan fingerprint density at radius 2 is 1.61 bits per heavy atom. The molecule has 0 aliphatic carbocycles. The molecule has 19 heteroatoms. The summed E-state index contributed by atoms with van der Waals surface area (Å²) in [6, 6.07) is -2.75. The van der Waals surface area contributed by atoms with Crippen LogP contribution in [0, 0.1) is 5.82 Å². The van der Waals surface area contributed by atoms with E-state index in [9.17, 15) is 42.3 Å². The summed E-state index contributed by atoms with van der Waals surface area (Å²) in [6.45, 7) is 7.19. The maximum absolute atomic E-state index is 14.4. The van der Waals surface area contributed by atoms with Crippen molar-refractivity contribution in [2.45, 2.75) is 96.3 Å². The Labute approximate surface area is 233 Å². The minimum absolute atomic E-state index is 0.299. The van der Waals surface area contributed by atoms with E-state index in [0.717, 1.165) is 0 Å². The summed E-state index contributed by atoms with van der Waals surface area (Å²) in [5.41, 5.74) is 0.774. The van der Waals surface area contributed by atoms with Crippen LogP contribution in [0.25, 0.3) is 0 Å². The van der Waals surface area contributed by atoms with Crippen molar-refractivity contribution >= 4 is 25.4 Å². The van der Waals surface area contributed by atoms with Gasteiger partial charge in [-0.05, 0) is 41.5 Å². The van der Waals surface area contributed by atoms with Crippen LogP contribution >= 0.6 is 7.67 Å². The van der Waals surface area contributed by atoms with E-state index in [4.69, 9.17) is 24.5 Å². The zero-order valence-electron chi connectivity index (χ0n) is 23.1. The Hall–Kier alpha value is -2.60. The molecule has 0 aromatic carbocycles. The zero-order valence-corrected chi connectivity index (χ0v) is 24.0. The van der Waals surface area contributed by atoms with Crippen molar-refractivity contribution < 1.29 is 56.3 Å². The lowest BCUT2D eigenvalue weighted by atomic mass is 9.96. The number of aromatic nitrogens is 2. The van der Waals surface area contributed by atoms with Gasteiger partial charge in [0.05, 0.1) is 25.0 Å². The Morgan fingerprint density at radius 3 is 2.05 bits per heavy atom. The van der Waals surface area contributed by atoms with Crippen molar-refractivity contribution in [2.24, 2.45) is 0 Å². The molecule has 0 unspecified atom stereocenters. The average molecular weight is 618 g/mol. The summed E-state index contributed by atoms with van der Waals surface area (Å²) < 4.78 is 77.4. The topological polar surface area (TPSA) is 214 Å². The Kier molecular flexibility index (Phi) is 11.5. The molecule has 1 aromatic heterocycles. The van der Waals surface area contributed by atoms with Crippen molar-refractivity contribution in [3.05, 3.63) is 22.5 Å². The van der Waals surface area contributed by atoms with Crippen LogP contribution in [0.15, 0.2) is 11.0 Å². The molecule has 1 aliphatic rings. The number of halogens is 3. The first-order chi connectivity index (χ1) is 18.8. The maximum atomic E-state index is 14.4. The number of nitrogens with two attached hydrogens (primary N) is 1. The minimum atomic E-state index is -4.69. The zero-order chi connectivity index (χ0) is 31.4. The number of carbonyl (C=O) groups excluding carboxylic acids is 2. The standard InChI is InChI=1S/C22H35F3N5O10P/c1-9(2)38-18(33)11(5)28-41(36,29-12(6)19(34)39-10(3)4)37-8-22(20(24)25)15(32)14(31)17(40-22)30-7-13(23)16(26)27-21(30)35/h7,9-12,14-15,17,20,31-32H,8H2,1-6H3,(H2,26,27,35)(H2,28,29,36)/t11-,12-,14+,15-,17+,22+/m0/s1. The summed E-state index contributed by atoms with van der Waals surface area (Å²) in [6.07, 6.45) is -11.2. The third-order valence-electron chi connectivity index (χ3n) is 5.64. The SMILES string of the molecule is CC(C)OC(=O)[C@H](C)NP(=O)(N[C@@H](C)C(=O)OC(C)C)OC[C@@]1(C(F)F)O[C@@H](n2cc(F)c(N)nc2=O)[C@H](O)[C@@H]1O. The summed E-state index contributed by atoms with van der Waals surface area (Å²) in [4.78, 5) is 40.0. The average Bonchev–Trinajstić information content (AvgIpc) is 3.10. The van der Waals surface area contributed by atoms with E-state index < -0.39 is 98.3 Å². The number of rotatable bonds is 13. The second-order valence-electron chi connectivity index (χ2n) is 9.86. The number of alkyl halides is 2. The first-order valence-electron chi connectivity index (χ1n) is 12.4. The first kappa shape index (κ1) is 34.6. The number of anilines is 1. The second-order valence-corrected chi connectivity index (χ2v) is 11.7. The van der Waals surface area contributed by atoms with Gasteiger partial charge in [-0.15, -0.1) is 0 Å². The van der Waals surface area contributed by atoms with Gasteiger partial charge < -0.3 is 34.7 Å². The molecule has 1 saturated heterocycles. The highest BCUT2D eigenvalue weighted by Gasteiger charge is 2.61. The lowest BCUT2D eigenvalue weighted by molar-refractivity contribution is -0.192. The molecule has 1 fully saturated rings. The Morgan fingerprint density at radius 1 is 1.12 bits per heavy atom. The van der Waals surface area contributed by atoms with Gasteiger partial charge in [-0.25, -0.2) is 28.1 Å². The van der Waals surface area contributed by atoms with Gasteiger partial charge >= 0.3 is 25.3 Å². The normalized spacial score (nSPS) is 24.6. The predicted molar refractivity (Wildman–Crippen MR) is 135 cm³/mol. The molecule has 0 bridgehead atoms. The number of carbonyl (C=O) groups is 2. The van der Waals surface area contributed by atoms with Gasteiger partial charge in [-0.2, -0.15) is 4.98 Å². The quantitative estimate of drug-likeness (QED) is 0.148. The first-order valence-corrected chi connectivity index (χ1v) is 14.0. The number of hydrogen-bond acceptors (Lipinski definition) is 12. The number of ether oxygens (including phenoxy) is 3. The lowest BCUT2D eigenvalue weighted by Crippen LogP contribution is -2.53. The highest BCUT2D eigenvalue weighted by molar-refractivity contribution is 7.54. The van der Waals surface area contributed by atoms with E-state index in [1.54, 1.807) is 27.7 Å². The van der Waals surface area contributed by atoms with Crippen LogP contribution in [-0.2, 0) is 32.9 Å². The van der Waals surface area contributed by atoms with Gasteiger partial charge in [-0.3, -0.25) is 18.7 Å². The van der Waals surface area contributed by atoms with Gasteiger partial charge in [0, 0.05) is 0 Å². The molecule has 6 atom stereocenters. The molecule has 2 heterocycles. The number of nitrogens with zero attached hydrogens (tertiary/aromatic N) is 2. The van der Waals surface area contributed by atoms with Gasteiger partial charge in [0.2, 0.25) is 0 Å². The van der Waals surface area contributed by atoms with Crippen molar-refractivity contribution in [2.75, 3.05) is 12.3 Å². The van der Waals surface area contributed by atoms with E-state index in [1.807, 2.05) is 0 Å². The van der Waals surface area contributed by atoms with E-state index in [-0.39, 0.29) is 0 Å². The van der Waals surface area contributed by atoms with Gasteiger partial charge in [0.25, 0.3) is 6.43 Å². The number of aliphatic hydroxyl groups is 2. The molecule has 234 valence electrons. The molecular formula is C22H35F3N5O10P. The monoisotopic (exact) mass is 617 g/mol. The third kappa shape index (κ3) is 8.24. The second kappa shape index (κ2) is 13.6. The number of nitrogen functional groups attached to an aromatic ring is 1. The molecule has 41 heavy (non-hydrogen) atoms. The molecule has 0 spiro atoms. The fourth-order valence-electron chi connectivity index (χ4n) is 3.62. The van der Waals surface area contributed by atoms with E-state index in [0.29, 0.717) is 10.8 Å². The van der Waals surface area contributed by atoms with E-state index in [1.165, 1.54) is 13.8 Å². The van der Waals surface area contributed by atoms with Crippen LogP contribution < -0.4 is 21.6 Å². The number of hydrogen-bond donors (Lipinski definition) is 5. The summed E-state index contributed by atoms with van der Waals surface area (Å²) in [5.74, 6) is -3.87. The van der Waals surface area contributed by atoms with Crippen LogP contribution in [0.5, 0.6) is 0 Å². The van der Waals surface area contributed by atoms with Crippen LogP contribution in [-0.4, -0.2) is 86.8 Å². The maximum Gasteiger partial charge on any atom is 0.351 e. The molecule has 0 saturated carbocycles. The van der Waals surface area contributed by atoms with Crippen LogP contribution in [0.3, 0.4) is 0 Å². The number of aliphatic hydroxyl groups excluding tert-OH is 2. The summed E-state index contributed by atoms with van der Waals surface area (Å²) in [5, 5.41) is 25.6. The van der Waals surface area contributed by atoms with Crippen molar-refractivity contribution in [3.8, 4) is 0 Å². The molecule has 1 aromatic rings. The van der Waals surface area contributed by atoms with Gasteiger partial charge in [0.15, 0.2) is 23.5 Å².